The molecule has 0 saturated carbocycles. The van der Waals surface area contributed by atoms with Crippen LogP contribution in [0.2, 0.25) is 0 Å². The molecular weight excluding hydrogens is 266 g/mol. The van der Waals surface area contributed by atoms with Gasteiger partial charge < -0.3 is 9.47 Å². The van der Waals surface area contributed by atoms with Gasteiger partial charge in [-0.3, -0.25) is 0 Å². The number of benzene rings is 1. The monoisotopic (exact) mass is 287 g/mol. The molecule has 0 heterocycles. The number of nitrogens with one attached hydrogen (secondary N) is 1. The minimum atomic E-state index is -3.46. The highest BCUT2D eigenvalue weighted by molar-refractivity contribution is 7.89. The molecule has 19 heavy (non-hydrogen) atoms. The van der Waals surface area contributed by atoms with Crippen LogP contribution in [0.5, 0.6) is 5.75 Å². The summed E-state index contributed by atoms with van der Waals surface area (Å²) < 4.78 is 37.0. The molecular formula is C13H21NO4S. The first kappa shape index (κ1) is 15.9. The maximum atomic E-state index is 12.1. The second kappa shape index (κ2) is 7.47. The van der Waals surface area contributed by atoms with Crippen molar-refractivity contribution in [2.24, 2.45) is 0 Å². The molecule has 0 bridgehead atoms. The molecule has 0 aliphatic carbocycles. The first-order valence-electron chi connectivity index (χ1n) is 6.23. The van der Waals surface area contributed by atoms with E-state index in [9.17, 15) is 8.42 Å². The molecule has 1 aromatic carbocycles. The molecule has 0 atom stereocenters. The van der Waals surface area contributed by atoms with Crippen molar-refractivity contribution >= 4 is 10.0 Å². The first-order chi connectivity index (χ1) is 9.01. The van der Waals surface area contributed by atoms with E-state index < -0.39 is 10.0 Å². The minimum absolute atomic E-state index is 0.282. The van der Waals surface area contributed by atoms with Gasteiger partial charge in [0.1, 0.15) is 5.75 Å². The zero-order chi connectivity index (χ0) is 14.3. The second-order valence-corrected chi connectivity index (χ2v) is 5.82. The molecule has 0 saturated heterocycles. The summed E-state index contributed by atoms with van der Waals surface area (Å²) in [7, 11) is -1.91. The maximum Gasteiger partial charge on any atom is 0.240 e. The molecule has 5 nitrogen and oxygen atoms in total. The van der Waals surface area contributed by atoms with Gasteiger partial charge in [0.05, 0.1) is 12.0 Å². The Kier molecular flexibility index (Phi) is 6.27. The van der Waals surface area contributed by atoms with Crippen LogP contribution in [0.1, 0.15) is 18.9 Å². The van der Waals surface area contributed by atoms with Crippen LogP contribution in [-0.2, 0) is 14.8 Å². The van der Waals surface area contributed by atoms with Crippen LogP contribution in [0.15, 0.2) is 23.1 Å². The number of hydrogen-bond acceptors (Lipinski definition) is 4. The maximum absolute atomic E-state index is 12.1. The summed E-state index contributed by atoms with van der Waals surface area (Å²) >= 11 is 0. The molecule has 0 amide bonds. The van der Waals surface area contributed by atoms with Crippen LogP contribution in [0.25, 0.3) is 0 Å². The van der Waals surface area contributed by atoms with Crippen molar-refractivity contribution in [3.8, 4) is 5.75 Å². The molecule has 1 N–H and O–H groups in total. The highest BCUT2D eigenvalue weighted by Gasteiger charge is 2.16. The SMILES string of the molecule is CCOCCCNS(=O)(=O)c1ccc(OC)cc1C. The van der Waals surface area contributed by atoms with Gasteiger partial charge in [-0.15, -0.1) is 0 Å². The van der Waals surface area contributed by atoms with Gasteiger partial charge in [-0.1, -0.05) is 0 Å². The molecule has 6 heteroatoms. The van der Waals surface area contributed by atoms with Crippen LogP contribution < -0.4 is 9.46 Å². The van der Waals surface area contributed by atoms with Crippen molar-refractivity contribution in [1.29, 1.82) is 0 Å². The van der Waals surface area contributed by atoms with E-state index >= 15 is 0 Å². The highest BCUT2D eigenvalue weighted by atomic mass is 32.2. The molecule has 0 aliphatic heterocycles. The molecule has 1 aromatic rings. The standard InChI is InChI=1S/C13H21NO4S/c1-4-18-9-5-8-14-19(15,16)13-7-6-12(17-3)10-11(13)2/h6-7,10,14H,4-5,8-9H2,1-3H3. The number of aryl methyl sites for hydroxylation is 1. The summed E-state index contributed by atoms with van der Waals surface area (Å²) in [4.78, 5) is 0.282. The van der Waals surface area contributed by atoms with Crippen LogP contribution in [0, 0.1) is 6.92 Å². The molecule has 0 aliphatic rings. The second-order valence-electron chi connectivity index (χ2n) is 4.08. The van der Waals surface area contributed by atoms with E-state index in [4.69, 9.17) is 9.47 Å². The van der Waals surface area contributed by atoms with Crippen LogP contribution in [0.4, 0.5) is 0 Å². The van der Waals surface area contributed by atoms with Crippen LogP contribution >= 0.6 is 0 Å². The predicted octanol–water partition coefficient (Wildman–Crippen LogP) is 1.71. The Morgan fingerprint density at radius 3 is 2.63 bits per heavy atom. The largest absolute Gasteiger partial charge is 0.497 e. The van der Waals surface area contributed by atoms with Gasteiger partial charge in [0.2, 0.25) is 10.0 Å². The quantitative estimate of drug-likeness (QED) is 0.739. The lowest BCUT2D eigenvalue weighted by atomic mass is 10.2. The number of ether oxygens (including phenoxy) is 2. The lowest BCUT2D eigenvalue weighted by molar-refractivity contribution is 0.146. The summed E-state index contributed by atoms with van der Waals surface area (Å²) in [6, 6.07) is 4.90. The van der Waals surface area contributed by atoms with Crippen molar-refractivity contribution in [2.75, 3.05) is 26.9 Å². The third kappa shape index (κ3) is 4.81. The predicted molar refractivity (Wildman–Crippen MR) is 74.0 cm³/mol. The van der Waals surface area contributed by atoms with Gasteiger partial charge in [0, 0.05) is 19.8 Å². The van der Waals surface area contributed by atoms with Crippen LogP contribution in [0.3, 0.4) is 0 Å². The van der Waals surface area contributed by atoms with E-state index in [0.717, 1.165) is 0 Å². The van der Waals surface area contributed by atoms with E-state index in [2.05, 4.69) is 4.72 Å². The van der Waals surface area contributed by atoms with E-state index in [0.29, 0.717) is 37.5 Å². The minimum Gasteiger partial charge on any atom is -0.497 e. The Morgan fingerprint density at radius 2 is 2.05 bits per heavy atom. The fraction of sp³-hybridized carbons (Fsp3) is 0.538. The van der Waals surface area contributed by atoms with Gasteiger partial charge in [0.15, 0.2) is 0 Å². The Morgan fingerprint density at radius 1 is 1.32 bits per heavy atom. The van der Waals surface area contributed by atoms with Crippen molar-refractivity contribution in [3.63, 3.8) is 0 Å². The van der Waals surface area contributed by atoms with Crippen molar-refractivity contribution < 1.29 is 17.9 Å². The van der Waals surface area contributed by atoms with Crippen molar-refractivity contribution in [1.82, 2.24) is 4.72 Å². The smallest absolute Gasteiger partial charge is 0.240 e. The van der Waals surface area contributed by atoms with E-state index in [1.54, 1.807) is 32.2 Å². The van der Waals surface area contributed by atoms with Crippen molar-refractivity contribution in [2.45, 2.75) is 25.2 Å². The third-order valence-electron chi connectivity index (χ3n) is 2.63. The topological polar surface area (TPSA) is 64.6 Å². The van der Waals surface area contributed by atoms with Gasteiger partial charge in [-0.2, -0.15) is 0 Å². The zero-order valence-corrected chi connectivity index (χ0v) is 12.4. The number of hydrogen-bond donors (Lipinski definition) is 1. The molecule has 0 radical (unpaired) electrons. The Bertz CT molecular complexity index is 499. The van der Waals surface area contributed by atoms with Crippen molar-refractivity contribution in [3.05, 3.63) is 23.8 Å². The zero-order valence-electron chi connectivity index (χ0n) is 11.6. The first-order valence-corrected chi connectivity index (χ1v) is 7.71. The Balaban J connectivity index is 2.67. The molecule has 0 fully saturated rings. The molecule has 1 rings (SSSR count). The summed E-state index contributed by atoms with van der Waals surface area (Å²) in [5, 5.41) is 0. The summed E-state index contributed by atoms with van der Waals surface area (Å²) in [6.07, 6.45) is 0.655. The fourth-order valence-electron chi connectivity index (χ4n) is 1.65. The number of sulfonamides is 1. The van der Waals surface area contributed by atoms with Crippen LogP contribution in [-0.4, -0.2) is 35.3 Å². The number of rotatable bonds is 8. The van der Waals surface area contributed by atoms with E-state index in [-0.39, 0.29) is 4.90 Å². The highest BCUT2D eigenvalue weighted by Crippen LogP contribution is 2.20. The average Bonchev–Trinajstić information content (AvgIpc) is 2.37. The summed E-state index contributed by atoms with van der Waals surface area (Å²) in [5.74, 6) is 0.646. The summed E-state index contributed by atoms with van der Waals surface area (Å²) in [6.45, 7) is 5.22. The normalized spacial score (nSPS) is 11.5. The molecule has 0 aromatic heterocycles. The fourth-order valence-corrected chi connectivity index (χ4v) is 2.95. The van der Waals surface area contributed by atoms with E-state index in [1.165, 1.54) is 0 Å². The van der Waals surface area contributed by atoms with Gasteiger partial charge in [-0.05, 0) is 44.0 Å². The van der Waals surface area contributed by atoms with Gasteiger partial charge >= 0.3 is 0 Å². The Hall–Kier alpha value is -1.11. The molecule has 0 spiro atoms. The summed E-state index contributed by atoms with van der Waals surface area (Å²) in [5.41, 5.74) is 0.664. The van der Waals surface area contributed by atoms with Gasteiger partial charge in [0.25, 0.3) is 0 Å². The number of methoxy groups -OCH3 is 1. The Labute approximate surface area is 115 Å². The van der Waals surface area contributed by atoms with Gasteiger partial charge in [-0.25, -0.2) is 13.1 Å². The average molecular weight is 287 g/mol. The molecule has 108 valence electrons. The lowest BCUT2D eigenvalue weighted by Crippen LogP contribution is -2.26. The van der Waals surface area contributed by atoms with E-state index in [1.807, 2.05) is 6.92 Å². The molecule has 0 unspecified atom stereocenters. The third-order valence-corrected chi connectivity index (χ3v) is 4.25. The lowest BCUT2D eigenvalue weighted by Gasteiger charge is -2.10.